The summed E-state index contributed by atoms with van der Waals surface area (Å²) in [5.41, 5.74) is 0. The van der Waals surface area contributed by atoms with Crippen molar-refractivity contribution in [3.63, 3.8) is 0 Å². The van der Waals surface area contributed by atoms with E-state index in [-0.39, 0.29) is 12.5 Å². The Morgan fingerprint density at radius 2 is 1.25 bits per heavy atom. The number of rotatable bonds is 23. The van der Waals surface area contributed by atoms with Crippen LogP contribution in [0.25, 0.3) is 0 Å². The first-order valence-corrected chi connectivity index (χ1v) is 13.6. The summed E-state index contributed by atoms with van der Waals surface area (Å²) in [7, 11) is 0. The molecule has 0 bridgehead atoms. The second-order valence-electron chi connectivity index (χ2n) is 9.11. The summed E-state index contributed by atoms with van der Waals surface area (Å²) in [6.07, 6.45) is 28.2. The molecule has 0 unspecified atom stereocenters. The van der Waals surface area contributed by atoms with Crippen LogP contribution < -0.4 is 5.32 Å². The summed E-state index contributed by atoms with van der Waals surface area (Å²) in [5, 5.41) is 22.6. The zero-order valence-electron chi connectivity index (χ0n) is 21.2. The SMILES string of the molecule is CCC/C=C/CCCCCCCC/C=C/[C@@H](O)[C@H](CO)NC(=O)CCCCCCCCC. The first-order valence-electron chi connectivity index (χ1n) is 13.6. The lowest BCUT2D eigenvalue weighted by Gasteiger charge is -2.20. The zero-order chi connectivity index (χ0) is 23.7. The van der Waals surface area contributed by atoms with Gasteiger partial charge in [-0.05, 0) is 38.5 Å². The Labute approximate surface area is 199 Å². The minimum Gasteiger partial charge on any atom is -0.394 e. The maximum Gasteiger partial charge on any atom is 0.220 e. The molecule has 0 heterocycles. The molecule has 0 aromatic carbocycles. The highest BCUT2D eigenvalue weighted by Crippen LogP contribution is 2.11. The summed E-state index contributed by atoms with van der Waals surface area (Å²) in [5.74, 6) is -0.0779. The van der Waals surface area contributed by atoms with Crippen molar-refractivity contribution in [2.24, 2.45) is 0 Å². The molecule has 188 valence electrons. The lowest BCUT2D eigenvalue weighted by Crippen LogP contribution is -2.45. The highest BCUT2D eigenvalue weighted by Gasteiger charge is 2.17. The van der Waals surface area contributed by atoms with E-state index in [1.165, 1.54) is 83.5 Å². The maximum absolute atomic E-state index is 12.1. The van der Waals surface area contributed by atoms with Gasteiger partial charge in [0.1, 0.15) is 0 Å². The van der Waals surface area contributed by atoms with E-state index in [1.54, 1.807) is 6.08 Å². The number of allylic oxidation sites excluding steroid dienone is 3. The topological polar surface area (TPSA) is 69.6 Å². The average molecular weight is 452 g/mol. The van der Waals surface area contributed by atoms with E-state index in [0.717, 1.165) is 25.7 Å². The van der Waals surface area contributed by atoms with Crippen molar-refractivity contribution >= 4 is 5.91 Å². The largest absolute Gasteiger partial charge is 0.394 e. The van der Waals surface area contributed by atoms with Gasteiger partial charge < -0.3 is 15.5 Å². The molecule has 0 radical (unpaired) electrons. The number of aliphatic hydroxyl groups is 2. The van der Waals surface area contributed by atoms with Gasteiger partial charge in [-0.3, -0.25) is 4.79 Å². The van der Waals surface area contributed by atoms with Crippen LogP contribution in [0.15, 0.2) is 24.3 Å². The number of nitrogens with one attached hydrogen (secondary N) is 1. The van der Waals surface area contributed by atoms with Crippen molar-refractivity contribution in [2.45, 2.75) is 142 Å². The van der Waals surface area contributed by atoms with Gasteiger partial charge in [-0.1, -0.05) is 109 Å². The molecule has 0 rings (SSSR count). The summed E-state index contributed by atoms with van der Waals surface area (Å²) >= 11 is 0. The second kappa shape index (κ2) is 24.5. The predicted molar refractivity (Wildman–Crippen MR) is 138 cm³/mol. The lowest BCUT2D eigenvalue weighted by molar-refractivity contribution is -0.123. The minimum absolute atomic E-state index is 0.0779. The molecule has 0 aliphatic heterocycles. The molecular weight excluding hydrogens is 398 g/mol. The molecule has 0 aromatic heterocycles. The fourth-order valence-electron chi connectivity index (χ4n) is 3.76. The molecule has 0 saturated heterocycles. The van der Waals surface area contributed by atoms with Crippen LogP contribution in [0.5, 0.6) is 0 Å². The Morgan fingerprint density at radius 3 is 1.84 bits per heavy atom. The number of carbonyl (C=O) groups is 1. The quantitative estimate of drug-likeness (QED) is 0.116. The van der Waals surface area contributed by atoms with Crippen LogP contribution in [0.2, 0.25) is 0 Å². The number of unbranched alkanes of at least 4 members (excludes halogenated alkanes) is 14. The Morgan fingerprint density at radius 1 is 0.719 bits per heavy atom. The normalized spacial score (nSPS) is 13.8. The van der Waals surface area contributed by atoms with Crippen molar-refractivity contribution in [3.05, 3.63) is 24.3 Å². The highest BCUT2D eigenvalue weighted by atomic mass is 16.3. The molecule has 4 heteroatoms. The van der Waals surface area contributed by atoms with Gasteiger partial charge in [0.15, 0.2) is 0 Å². The standard InChI is InChI=1S/C28H53NO3/c1-3-5-7-9-11-12-13-14-15-16-18-19-21-23-27(31)26(25-30)29-28(32)24-22-20-17-10-8-6-4-2/h7,9,21,23,26-27,30-31H,3-6,8,10-20,22,24-25H2,1-2H3,(H,29,32)/b9-7+,23-21+/t26-,27+/m0/s1. The van der Waals surface area contributed by atoms with E-state index >= 15 is 0 Å². The molecule has 1 amide bonds. The Kier molecular flexibility index (Phi) is 23.6. The van der Waals surface area contributed by atoms with Gasteiger partial charge in [-0.2, -0.15) is 0 Å². The van der Waals surface area contributed by atoms with Crippen LogP contribution in [0.3, 0.4) is 0 Å². The third-order valence-electron chi connectivity index (χ3n) is 5.91. The van der Waals surface area contributed by atoms with E-state index in [4.69, 9.17) is 0 Å². The summed E-state index contributed by atoms with van der Waals surface area (Å²) in [6, 6.07) is -0.616. The smallest absolute Gasteiger partial charge is 0.220 e. The fraction of sp³-hybridized carbons (Fsp3) is 0.821. The fourth-order valence-corrected chi connectivity index (χ4v) is 3.76. The number of aliphatic hydroxyl groups excluding tert-OH is 2. The molecule has 32 heavy (non-hydrogen) atoms. The van der Waals surface area contributed by atoms with Crippen LogP contribution in [0.1, 0.15) is 129 Å². The third-order valence-corrected chi connectivity index (χ3v) is 5.91. The van der Waals surface area contributed by atoms with Crippen LogP contribution in [-0.4, -0.2) is 34.9 Å². The molecule has 0 fully saturated rings. The van der Waals surface area contributed by atoms with Crippen molar-refractivity contribution in [3.8, 4) is 0 Å². The van der Waals surface area contributed by atoms with Gasteiger partial charge in [0.2, 0.25) is 5.91 Å². The summed E-state index contributed by atoms with van der Waals surface area (Å²) < 4.78 is 0. The van der Waals surface area contributed by atoms with Crippen LogP contribution in [0.4, 0.5) is 0 Å². The molecule has 0 saturated carbocycles. The summed E-state index contributed by atoms with van der Waals surface area (Å²) in [4.78, 5) is 12.1. The van der Waals surface area contributed by atoms with Crippen LogP contribution in [0, 0.1) is 0 Å². The van der Waals surface area contributed by atoms with Crippen molar-refractivity contribution in [1.82, 2.24) is 5.32 Å². The first kappa shape index (κ1) is 30.9. The van der Waals surface area contributed by atoms with Gasteiger partial charge >= 0.3 is 0 Å². The molecule has 2 atom stereocenters. The minimum atomic E-state index is -0.834. The lowest BCUT2D eigenvalue weighted by atomic mass is 10.1. The Bertz CT molecular complexity index is 462. The van der Waals surface area contributed by atoms with Gasteiger partial charge in [-0.15, -0.1) is 0 Å². The van der Waals surface area contributed by atoms with Crippen molar-refractivity contribution < 1.29 is 15.0 Å². The Hall–Kier alpha value is -1.13. The van der Waals surface area contributed by atoms with Crippen LogP contribution >= 0.6 is 0 Å². The molecule has 0 aromatic rings. The number of hydrogen-bond acceptors (Lipinski definition) is 3. The van der Waals surface area contributed by atoms with Crippen molar-refractivity contribution in [2.75, 3.05) is 6.61 Å². The number of amides is 1. The molecule has 0 aliphatic rings. The van der Waals surface area contributed by atoms with E-state index in [9.17, 15) is 15.0 Å². The Balaban J connectivity index is 3.73. The van der Waals surface area contributed by atoms with Gasteiger partial charge in [0.05, 0.1) is 18.8 Å². The molecular formula is C28H53NO3. The molecule has 3 N–H and O–H groups in total. The van der Waals surface area contributed by atoms with E-state index in [2.05, 4.69) is 31.3 Å². The summed E-state index contributed by atoms with van der Waals surface area (Å²) in [6.45, 7) is 4.17. The van der Waals surface area contributed by atoms with E-state index in [1.807, 2.05) is 6.08 Å². The van der Waals surface area contributed by atoms with Crippen molar-refractivity contribution in [1.29, 1.82) is 0 Å². The highest BCUT2D eigenvalue weighted by molar-refractivity contribution is 5.76. The van der Waals surface area contributed by atoms with E-state index in [0.29, 0.717) is 6.42 Å². The van der Waals surface area contributed by atoms with Gasteiger partial charge in [0.25, 0.3) is 0 Å². The van der Waals surface area contributed by atoms with Gasteiger partial charge in [-0.25, -0.2) is 0 Å². The number of carbonyl (C=O) groups excluding carboxylic acids is 1. The predicted octanol–water partition coefficient (Wildman–Crippen LogP) is 7.00. The average Bonchev–Trinajstić information content (AvgIpc) is 2.79. The third kappa shape index (κ3) is 20.8. The molecule has 0 aliphatic carbocycles. The zero-order valence-corrected chi connectivity index (χ0v) is 21.2. The maximum atomic E-state index is 12.1. The molecule has 4 nitrogen and oxygen atoms in total. The van der Waals surface area contributed by atoms with Crippen LogP contribution in [-0.2, 0) is 4.79 Å². The van der Waals surface area contributed by atoms with Gasteiger partial charge in [0, 0.05) is 6.42 Å². The first-order chi connectivity index (χ1) is 15.7. The number of hydrogen-bond donors (Lipinski definition) is 3. The molecule has 0 spiro atoms. The van der Waals surface area contributed by atoms with E-state index < -0.39 is 12.1 Å². The monoisotopic (exact) mass is 451 g/mol. The second-order valence-corrected chi connectivity index (χ2v) is 9.11.